The molecule has 1 aliphatic heterocycles. The summed E-state index contributed by atoms with van der Waals surface area (Å²) in [4.78, 5) is 19.5. The van der Waals surface area contributed by atoms with Gasteiger partial charge < -0.3 is 15.0 Å². The lowest BCUT2D eigenvalue weighted by Crippen LogP contribution is -2.48. The molecule has 29 heavy (non-hydrogen) atoms. The highest BCUT2D eigenvalue weighted by molar-refractivity contribution is 5.95. The van der Waals surface area contributed by atoms with Crippen molar-refractivity contribution < 1.29 is 9.53 Å². The number of amides is 1. The molecule has 1 aliphatic rings. The predicted octanol–water partition coefficient (Wildman–Crippen LogP) is 3.00. The summed E-state index contributed by atoms with van der Waals surface area (Å²) in [6.07, 6.45) is 0. The van der Waals surface area contributed by atoms with E-state index in [9.17, 15) is 4.79 Å². The smallest absolute Gasteiger partial charge is 0.254 e. The van der Waals surface area contributed by atoms with Crippen LogP contribution in [0.3, 0.4) is 0 Å². The highest BCUT2D eigenvalue weighted by Crippen LogP contribution is 2.31. The minimum atomic E-state index is -0.0762. The van der Waals surface area contributed by atoms with Gasteiger partial charge in [0.2, 0.25) is 0 Å². The fraction of sp³-hybridized carbons (Fsp3) is 0.286. The van der Waals surface area contributed by atoms with Crippen LogP contribution in [-0.4, -0.2) is 52.7 Å². The number of methoxy groups -OCH3 is 1. The van der Waals surface area contributed by atoms with Gasteiger partial charge in [0.25, 0.3) is 5.91 Å². The van der Waals surface area contributed by atoms with E-state index >= 15 is 0 Å². The van der Waals surface area contributed by atoms with Crippen molar-refractivity contribution in [2.24, 2.45) is 0 Å². The normalized spacial score (nSPS) is 16.2. The molecule has 0 spiro atoms. The molecule has 8 heteroatoms. The van der Waals surface area contributed by atoms with Crippen molar-refractivity contribution in [3.05, 3.63) is 65.5 Å². The second-order valence-electron chi connectivity index (χ2n) is 6.78. The van der Waals surface area contributed by atoms with E-state index in [1.165, 1.54) is 0 Å². The highest BCUT2D eigenvalue weighted by atomic mass is 35.5. The van der Waals surface area contributed by atoms with E-state index in [0.29, 0.717) is 24.5 Å². The summed E-state index contributed by atoms with van der Waals surface area (Å²) < 4.78 is 5.52. The molecule has 7 nitrogen and oxygen atoms in total. The van der Waals surface area contributed by atoms with Gasteiger partial charge in [-0.05, 0) is 25.1 Å². The Morgan fingerprint density at radius 1 is 1.17 bits per heavy atom. The summed E-state index contributed by atoms with van der Waals surface area (Å²) in [7, 11) is 1.66. The maximum Gasteiger partial charge on any atom is 0.254 e. The number of carbonyl (C=O) groups is 1. The number of hydrogen-bond donors (Lipinski definition) is 2. The van der Waals surface area contributed by atoms with Gasteiger partial charge in [0.15, 0.2) is 5.82 Å². The Labute approximate surface area is 175 Å². The van der Waals surface area contributed by atoms with Crippen LogP contribution in [0.15, 0.2) is 48.5 Å². The first kappa shape index (κ1) is 20.8. The lowest BCUT2D eigenvalue weighted by atomic mass is 10.0. The quantitative estimate of drug-likeness (QED) is 0.687. The average molecular weight is 414 g/mol. The molecule has 152 valence electrons. The number of para-hydroxylation sites is 1. The van der Waals surface area contributed by atoms with E-state index in [1.54, 1.807) is 7.11 Å². The van der Waals surface area contributed by atoms with E-state index in [4.69, 9.17) is 4.74 Å². The molecule has 0 saturated carbocycles. The Bertz CT molecular complexity index is 973. The summed E-state index contributed by atoms with van der Waals surface area (Å²) in [6.45, 7) is 3.97. The first-order valence-electron chi connectivity index (χ1n) is 9.31. The molecule has 1 amide bonds. The standard InChI is InChI=1S/C21H23N5O2.ClH/c1-14-23-20(25-24-14)15-7-9-16(10-8-15)21(27)26-12-11-22-13-18(26)17-5-3-4-6-19(17)28-2;/h3-10,18,22H,11-13H2,1-2H3,(H,23,24,25);1H. The topological polar surface area (TPSA) is 83.1 Å². The monoisotopic (exact) mass is 413 g/mol. The third kappa shape index (κ3) is 4.26. The molecular weight excluding hydrogens is 390 g/mol. The zero-order valence-corrected chi connectivity index (χ0v) is 17.2. The van der Waals surface area contributed by atoms with Crippen LogP contribution >= 0.6 is 12.4 Å². The Balaban J connectivity index is 0.00000240. The van der Waals surface area contributed by atoms with Gasteiger partial charge in [-0.15, -0.1) is 12.4 Å². The summed E-state index contributed by atoms with van der Waals surface area (Å²) in [5.74, 6) is 2.20. The maximum absolute atomic E-state index is 13.3. The van der Waals surface area contributed by atoms with Crippen LogP contribution in [0.4, 0.5) is 0 Å². The number of ether oxygens (including phenoxy) is 1. The van der Waals surface area contributed by atoms with Gasteiger partial charge in [-0.25, -0.2) is 4.98 Å². The van der Waals surface area contributed by atoms with Gasteiger partial charge in [0.1, 0.15) is 11.6 Å². The fourth-order valence-electron chi connectivity index (χ4n) is 3.57. The van der Waals surface area contributed by atoms with Crippen LogP contribution in [0, 0.1) is 6.92 Å². The minimum absolute atomic E-state index is 0. The molecule has 0 aliphatic carbocycles. The lowest BCUT2D eigenvalue weighted by molar-refractivity contribution is 0.0631. The second-order valence-corrected chi connectivity index (χ2v) is 6.78. The zero-order valence-electron chi connectivity index (χ0n) is 16.4. The van der Waals surface area contributed by atoms with Crippen LogP contribution < -0.4 is 10.1 Å². The number of aryl methyl sites for hydroxylation is 1. The van der Waals surface area contributed by atoms with E-state index in [0.717, 1.165) is 29.2 Å². The summed E-state index contributed by atoms with van der Waals surface area (Å²) in [5.41, 5.74) is 2.54. The minimum Gasteiger partial charge on any atom is -0.496 e. The molecular formula is C21H24ClN5O2. The van der Waals surface area contributed by atoms with E-state index in [1.807, 2.05) is 60.4 Å². The average Bonchev–Trinajstić information content (AvgIpc) is 3.19. The summed E-state index contributed by atoms with van der Waals surface area (Å²) >= 11 is 0. The summed E-state index contributed by atoms with van der Waals surface area (Å²) in [5, 5.41) is 10.4. The number of H-pyrrole nitrogens is 1. The fourth-order valence-corrected chi connectivity index (χ4v) is 3.57. The van der Waals surface area contributed by atoms with E-state index in [2.05, 4.69) is 20.5 Å². The van der Waals surface area contributed by atoms with E-state index < -0.39 is 0 Å². The molecule has 0 bridgehead atoms. The SMILES string of the molecule is COc1ccccc1C1CNCCN1C(=O)c1ccc(-c2n[nH]c(C)n2)cc1.Cl. The molecule has 2 heterocycles. The van der Waals surface area contributed by atoms with Gasteiger partial charge >= 0.3 is 0 Å². The van der Waals surface area contributed by atoms with Gasteiger partial charge in [-0.3, -0.25) is 9.89 Å². The molecule has 1 atom stereocenters. The third-order valence-electron chi connectivity index (χ3n) is 4.99. The Morgan fingerprint density at radius 2 is 1.93 bits per heavy atom. The number of nitrogens with zero attached hydrogens (tertiary/aromatic N) is 3. The number of aromatic nitrogens is 3. The molecule has 2 N–H and O–H groups in total. The Hall–Kier alpha value is -2.90. The summed E-state index contributed by atoms with van der Waals surface area (Å²) in [6, 6.07) is 15.2. The van der Waals surface area contributed by atoms with Crippen LogP contribution in [-0.2, 0) is 0 Å². The largest absolute Gasteiger partial charge is 0.496 e. The number of carbonyl (C=O) groups excluding carboxylic acids is 1. The number of aromatic amines is 1. The van der Waals surface area contributed by atoms with Crippen molar-refractivity contribution in [1.29, 1.82) is 0 Å². The molecule has 3 aromatic rings. The van der Waals surface area contributed by atoms with Crippen LogP contribution in [0.5, 0.6) is 5.75 Å². The number of nitrogens with one attached hydrogen (secondary N) is 2. The van der Waals surface area contributed by atoms with Crippen LogP contribution in [0.1, 0.15) is 27.8 Å². The van der Waals surface area contributed by atoms with Crippen molar-refractivity contribution in [2.45, 2.75) is 13.0 Å². The first-order valence-corrected chi connectivity index (χ1v) is 9.31. The van der Waals surface area contributed by atoms with Crippen molar-refractivity contribution in [2.75, 3.05) is 26.7 Å². The van der Waals surface area contributed by atoms with Crippen molar-refractivity contribution in [1.82, 2.24) is 25.4 Å². The number of hydrogen-bond acceptors (Lipinski definition) is 5. The van der Waals surface area contributed by atoms with Gasteiger partial charge in [-0.2, -0.15) is 5.10 Å². The van der Waals surface area contributed by atoms with Crippen molar-refractivity contribution in [3.63, 3.8) is 0 Å². The zero-order chi connectivity index (χ0) is 19.5. The number of piperazine rings is 1. The molecule has 4 rings (SSSR count). The first-order chi connectivity index (χ1) is 13.7. The van der Waals surface area contributed by atoms with Crippen LogP contribution in [0.25, 0.3) is 11.4 Å². The molecule has 0 radical (unpaired) electrons. The molecule has 1 unspecified atom stereocenters. The molecule has 1 aromatic heterocycles. The Morgan fingerprint density at radius 3 is 2.62 bits per heavy atom. The maximum atomic E-state index is 13.3. The number of rotatable bonds is 4. The van der Waals surface area contributed by atoms with Gasteiger partial charge in [0, 0.05) is 36.3 Å². The van der Waals surface area contributed by atoms with E-state index in [-0.39, 0.29) is 24.4 Å². The Kier molecular flexibility index (Phi) is 6.51. The molecule has 1 saturated heterocycles. The lowest BCUT2D eigenvalue weighted by Gasteiger charge is -2.37. The number of halogens is 1. The van der Waals surface area contributed by atoms with Crippen molar-refractivity contribution >= 4 is 18.3 Å². The second kappa shape index (κ2) is 9.07. The number of benzene rings is 2. The van der Waals surface area contributed by atoms with Gasteiger partial charge in [-0.1, -0.05) is 30.3 Å². The van der Waals surface area contributed by atoms with Crippen molar-refractivity contribution in [3.8, 4) is 17.1 Å². The third-order valence-corrected chi connectivity index (χ3v) is 4.99. The molecule has 2 aromatic carbocycles. The highest BCUT2D eigenvalue weighted by Gasteiger charge is 2.30. The van der Waals surface area contributed by atoms with Gasteiger partial charge in [0.05, 0.1) is 13.2 Å². The predicted molar refractivity (Wildman–Crippen MR) is 113 cm³/mol. The molecule has 1 fully saturated rings. The van der Waals surface area contributed by atoms with Crippen LogP contribution in [0.2, 0.25) is 0 Å².